The molecule has 0 aliphatic rings. The molecule has 0 amide bonds. The van der Waals surface area contributed by atoms with E-state index < -0.39 is 0 Å². The van der Waals surface area contributed by atoms with Gasteiger partial charge in [-0.3, -0.25) is 4.79 Å². The number of aryl methyl sites for hydroxylation is 1. The molecule has 80 valence electrons. The maximum absolute atomic E-state index is 9.18. The van der Waals surface area contributed by atoms with Crippen LogP contribution in [0.2, 0.25) is 0 Å². The van der Waals surface area contributed by atoms with Gasteiger partial charge in [0.1, 0.15) is 0 Å². The van der Waals surface area contributed by atoms with Gasteiger partial charge in [-0.15, -0.1) is 0 Å². The molecule has 2 aromatic rings. The van der Waals surface area contributed by atoms with Crippen LogP contribution in [0.1, 0.15) is 6.92 Å². The highest BCUT2D eigenvalue weighted by molar-refractivity contribution is 5.79. The van der Waals surface area contributed by atoms with E-state index in [1.54, 1.807) is 6.92 Å². The lowest BCUT2D eigenvalue weighted by atomic mass is 10.2. The molecule has 1 heterocycles. The standard InChI is InChI=1S/C9H9N.C3H6O2/c1-10-7-6-8-4-2-3-5-9(8)10;1-2-5-3-4/h2-7H,1H3;3H,2H2,1H3. The van der Waals surface area contributed by atoms with Crippen LogP contribution >= 0.6 is 0 Å². The normalized spacial score (nSPS) is 9.20. The van der Waals surface area contributed by atoms with Crippen molar-refractivity contribution in [3.8, 4) is 0 Å². The van der Waals surface area contributed by atoms with E-state index in [1.165, 1.54) is 10.9 Å². The van der Waals surface area contributed by atoms with Gasteiger partial charge in [0, 0.05) is 18.8 Å². The number of fused-ring (bicyclic) bond motifs is 1. The first-order valence-electron chi connectivity index (χ1n) is 4.85. The van der Waals surface area contributed by atoms with Crippen LogP contribution in [-0.2, 0) is 16.6 Å². The molecule has 0 aliphatic carbocycles. The minimum absolute atomic E-state index is 0.431. The molecular weight excluding hydrogens is 190 g/mol. The predicted molar refractivity (Wildman–Crippen MR) is 60.6 cm³/mol. The summed E-state index contributed by atoms with van der Waals surface area (Å²) in [7, 11) is 2.06. The van der Waals surface area contributed by atoms with E-state index in [9.17, 15) is 4.79 Å². The fourth-order valence-electron chi connectivity index (χ4n) is 1.29. The van der Waals surface area contributed by atoms with Crippen LogP contribution in [0.15, 0.2) is 36.5 Å². The first-order chi connectivity index (χ1) is 7.29. The van der Waals surface area contributed by atoms with Gasteiger partial charge in [-0.05, 0) is 24.4 Å². The molecule has 0 N–H and O–H groups in total. The van der Waals surface area contributed by atoms with Gasteiger partial charge in [-0.1, -0.05) is 18.2 Å². The first-order valence-corrected chi connectivity index (χ1v) is 4.85. The lowest BCUT2D eigenvalue weighted by molar-refractivity contribution is -0.128. The van der Waals surface area contributed by atoms with E-state index in [4.69, 9.17) is 0 Å². The Labute approximate surface area is 89.3 Å². The van der Waals surface area contributed by atoms with Crippen LogP contribution in [0, 0.1) is 0 Å². The third kappa shape index (κ3) is 3.13. The summed E-state index contributed by atoms with van der Waals surface area (Å²) in [6.45, 7) is 2.66. The predicted octanol–water partition coefficient (Wildman–Crippen LogP) is 2.36. The van der Waals surface area contributed by atoms with E-state index in [-0.39, 0.29) is 0 Å². The van der Waals surface area contributed by atoms with Crippen molar-refractivity contribution in [2.24, 2.45) is 7.05 Å². The van der Waals surface area contributed by atoms with Crippen molar-refractivity contribution in [3.05, 3.63) is 36.5 Å². The highest BCUT2D eigenvalue weighted by atomic mass is 16.5. The summed E-state index contributed by atoms with van der Waals surface area (Å²) >= 11 is 0. The lowest BCUT2D eigenvalue weighted by Crippen LogP contribution is -1.81. The summed E-state index contributed by atoms with van der Waals surface area (Å²) in [5.74, 6) is 0. The fraction of sp³-hybridized carbons (Fsp3) is 0.250. The summed E-state index contributed by atoms with van der Waals surface area (Å²) in [6.07, 6.45) is 2.07. The minimum atomic E-state index is 0.431. The van der Waals surface area contributed by atoms with Crippen molar-refractivity contribution >= 4 is 17.4 Å². The smallest absolute Gasteiger partial charge is 0.293 e. The highest BCUT2D eigenvalue weighted by Gasteiger charge is 1.92. The molecule has 3 nitrogen and oxygen atoms in total. The summed E-state index contributed by atoms with van der Waals surface area (Å²) in [5.41, 5.74) is 1.29. The Morgan fingerprint density at radius 1 is 1.33 bits per heavy atom. The molecule has 0 atom stereocenters. The van der Waals surface area contributed by atoms with Crippen molar-refractivity contribution in [2.75, 3.05) is 6.61 Å². The van der Waals surface area contributed by atoms with Gasteiger partial charge in [0.15, 0.2) is 0 Å². The Hall–Kier alpha value is -1.77. The van der Waals surface area contributed by atoms with Crippen molar-refractivity contribution in [2.45, 2.75) is 6.92 Å². The van der Waals surface area contributed by atoms with E-state index >= 15 is 0 Å². The number of hydrogen-bond acceptors (Lipinski definition) is 2. The van der Waals surface area contributed by atoms with E-state index in [0.717, 1.165) is 0 Å². The summed E-state index contributed by atoms with van der Waals surface area (Å²) in [4.78, 5) is 9.18. The number of rotatable bonds is 2. The topological polar surface area (TPSA) is 31.2 Å². The van der Waals surface area contributed by atoms with Gasteiger partial charge in [0.25, 0.3) is 6.47 Å². The molecule has 1 aromatic heterocycles. The lowest BCUT2D eigenvalue weighted by Gasteiger charge is -1.92. The minimum Gasteiger partial charge on any atom is -0.468 e. The maximum atomic E-state index is 9.18. The number of ether oxygens (including phenoxy) is 1. The van der Waals surface area contributed by atoms with Gasteiger partial charge in [-0.25, -0.2) is 0 Å². The number of benzene rings is 1. The SMILES string of the molecule is CCOC=O.Cn1ccc2ccccc21. The second-order valence-electron chi connectivity index (χ2n) is 3.04. The highest BCUT2D eigenvalue weighted by Crippen LogP contribution is 2.12. The van der Waals surface area contributed by atoms with Gasteiger partial charge < -0.3 is 9.30 Å². The Morgan fingerprint density at radius 3 is 2.60 bits per heavy atom. The maximum Gasteiger partial charge on any atom is 0.293 e. The Kier molecular flexibility index (Phi) is 4.41. The van der Waals surface area contributed by atoms with Crippen LogP contribution in [0.3, 0.4) is 0 Å². The van der Waals surface area contributed by atoms with Crippen LogP contribution in [0.4, 0.5) is 0 Å². The number of aromatic nitrogens is 1. The first kappa shape index (κ1) is 11.3. The molecule has 0 fully saturated rings. The molecule has 0 radical (unpaired) electrons. The Bertz CT molecular complexity index is 420. The zero-order chi connectivity index (χ0) is 11.1. The third-order valence-electron chi connectivity index (χ3n) is 2.03. The summed E-state index contributed by atoms with van der Waals surface area (Å²) in [6, 6.07) is 10.5. The molecule has 3 heteroatoms. The second kappa shape index (κ2) is 5.86. The fourth-order valence-corrected chi connectivity index (χ4v) is 1.29. The number of nitrogens with zero attached hydrogens (tertiary/aromatic N) is 1. The Morgan fingerprint density at radius 2 is 2.07 bits per heavy atom. The molecule has 0 saturated carbocycles. The van der Waals surface area contributed by atoms with Crippen molar-refractivity contribution in [1.29, 1.82) is 0 Å². The van der Waals surface area contributed by atoms with Gasteiger partial charge in [-0.2, -0.15) is 0 Å². The van der Waals surface area contributed by atoms with E-state index in [2.05, 4.69) is 52.9 Å². The van der Waals surface area contributed by atoms with Crippen molar-refractivity contribution in [3.63, 3.8) is 0 Å². The molecule has 1 aromatic carbocycles. The van der Waals surface area contributed by atoms with Crippen LogP contribution in [-0.4, -0.2) is 17.6 Å². The number of carbonyl (C=O) groups excluding carboxylic acids is 1. The summed E-state index contributed by atoms with van der Waals surface area (Å²) in [5, 5.41) is 1.31. The van der Waals surface area contributed by atoms with Crippen LogP contribution in [0.5, 0.6) is 0 Å². The zero-order valence-electron chi connectivity index (χ0n) is 9.01. The van der Waals surface area contributed by atoms with Crippen LogP contribution < -0.4 is 0 Å². The molecule has 0 unspecified atom stereocenters. The van der Waals surface area contributed by atoms with Crippen LogP contribution in [0.25, 0.3) is 10.9 Å². The van der Waals surface area contributed by atoms with Crippen molar-refractivity contribution < 1.29 is 9.53 Å². The molecule has 0 saturated heterocycles. The average Bonchev–Trinajstić information content (AvgIpc) is 2.64. The largest absolute Gasteiger partial charge is 0.468 e. The van der Waals surface area contributed by atoms with E-state index in [0.29, 0.717) is 13.1 Å². The molecule has 2 rings (SSSR count). The third-order valence-corrected chi connectivity index (χ3v) is 2.03. The monoisotopic (exact) mass is 205 g/mol. The number of carbonyl (C=O) groups is 1. The average molecular weight is 205 g/mol. The Balaban J connectivity index is 0.000000195. The molecule has 0 bridgehead atoms. The number of hydrogen-bond donors (Lipinski definition) is 0. The quantitative estimate of drug-likeness (QED) is 0.705. The molecule has 0 spiro atoms. The van der Waals surface area contributed by atoms with Gasteiger partial charge in [0.2, 0.25) is 0 Å². The second-order valence-corrected chi connectivity index (χ2v) is 3.04. The zero-order valence-corrected chi connectivity index (χ0v) is 9.01. The molecular formula is C12H15NO2. The molecule has 15 heavy (non-hydrogen) atoms. The van der Waals surface area contributed by atoms with Crippen molar-refractivity contribution in [1.82, 2.24) is 4.57 Å². The van der Waals surface area contributed by atoms with E-state index in [1.807, 2.05) is 0 Å². The van der Waals surface area contributed by atoms with Gasteiger partial charge in [0.05, 0.1) is 6.61 Å². The molecule has 0 aliphatic heterocycles. The number of para-hydroxylation sites is 1. The van der Waals surface area contributed by atoms with Gasteiger partial charge >= 0.3 is 0 Å². The summed E-state index contributed by atoms with van der Waals surface area (Å²) < 4.78 is 6.27.